The second-order valence-corrected chi connectivity index (χ2v) is 8.16. The highest BCUT2D eigenvalue weighted by Gasteiger charge is 2.35. The molecular formula is C24H22N2O2S. The number of nitrogens with zero attached hydrogens (tertiary/aromatic N) is 2. The highest BCUT2D eigenvalue weighted by Crippen LogP contribution is 2.36. The maximum Gasteiger partial charge on any atom is 0.293 e. The van der Waals surface area contributed by atoms with Crippen LogP contribution in [0.25, 0.3) is 17.0 Å². The average molecular weight is 403 g/mol. The Labute approximate surface area is 174 Å². The predicted molar refractivity (Wildman–Crippen MR) is 120 cm³/mol. The van der Waals surface area contributed by atoms with E-state index in [1.165, 1.54) is 4.90 Å². The number of carbonyl (C=O) groups excluding carboxylic acids is 2. The van der Waals surface area contributed by atoms with Crippen LogP contribution in [0.15, 0.2) is 66.1 Å². The zero-order chi connectivity index (χ0) is 20.5. The molecule has 4 rings (SSSR count). The second kappa shape index (κ2) is 7.76. The standard InChI is InChI=1S/C24H22N2O2S/c1-4-13-25-17(3)20(19-7-5-6-8-21(19)25)14-22-23(27)26(24(28)29-22)15-18-11-9-16(2)10-12-18/h4-12,14H,1,13,15H2,2-3H3/b22-14-. The van der Waals surface area contributed by atoms with Gasteiger partial charge >= 0.3 is 0 Å². The number of allylic oxidation sites excluding steroid dienone is 1. The van der Waals surface area contributed by atoms with E-state index in [0.29, 0.717) is 18.0 Å². The van der Waals surface area contributed by atoms with Crippen LogP contribution in [0.1, 0.15) is 22.4 Å². The first-order chi connectivity index (χ1) is 14.0. The predicted octanol–water partition coefficient (Wildman–Crippen LogP) is 5.68. The number of amides is 2. The molecular weight excluding hydrogens is 380 g/mol. The lowest BCUT2D eigenvalue weighted by Gasteiger charge is -2.12. The van der Waals surface area contributed by atoms with Crippen LogP contribution in [0.3, 0.4) is 0 Å². The topological polar surface area (TPSA) is 42.3 Å². The average Bonchev–Trinajstić information content (AvgIpc) is 3.13. The van der Waals surface area contributed by atoms with Crippen LogP contribution >= 0.6 is 11.8 Å². The number of benzene rings is 2. The summed E-state index contributed by atoms with van der Waals surface area (Å²) in [6.07, 6.45) is 3.72. The molecule has 1 aliphatic heterocycles. The van der Waals surface area contributed by atoms with Crippen molar-refractivity contribution in [2.75, 3.05) is 0 Å². The normalized spacial score (nSPS) is 15.7. The number of hydrogen-bond donors (Lipinski definition) is 0. The van der Waals surface area contributed by atoms with Crippen LogP contribution < -0.4 is 0 Å². The molecule has 2 amide bonds. The molecule has 0 unspecified atom stereocenters. The van der Waals surface area contributed by atoms with E-state index >= 15 is 0 Å². The molecule has 0 saturated carbocycles. The van der Waals surface area contributed by atoms with E-state index in [4.69, 9.17) is 0 Å². The van der Waals surface area contributed by atoms with Crippen molar-refractivity contribution < 1.29 is 9.59 Å². The number of para-hydroxylation sites is 1. The van der Waals surface area contributed by atoms with Gasteiger partial charge in [0.1, 0.15) is 0 Å². The third-order valence-electron chi connectivity index (χ3n) is 5.20. The van der Waals surface area contributed by atoms with Crippen molar-refractivity contribution in [3.8, 4) is 0 Å². The second-order valence-electron chi connectivity index (χ2n) is 7.17. The lowest BCUT2D eigenvalue weighted by Crippen LogP contribution is -2.27. The van der Waals surface area contributed by atoms with Gasteiger partial charge in [-0.25, -0.2) is 0 Å². The van der Waals surface area contributed by atoms with Crippen molar-refractivity contribution in [3.05, 3.63) is 88.5 Å². The molecule has 5 heteroatoms. The fourth-order valence-electron chi connectivity index (χ4n) is 3.65. The van der Waals surface area contributed by atoms with Gasteiger partial charge in [0.2, 0.25) is 0 Å². The third kappa shape index (κ3) is 3.54. The maximum absolute atomic E-state index is 13.0. The number of thioether (sulfide) groups is 1. The van der Waals surface area contributed by atoms with E-state index in [-0.39, 0.29) is 11.1 Å². The Morgan fingerprint density at radius 2 is 1.76 bits per heavy atom. The van der Waals surface area contributed by atoms with E-state index < -0.39 is 0 Å². The minimum atomic E-state index is -0.236. The van der Waals surface area contributed by atoms with E-state index in [0.717, 1.165) is 45.0 Å². The molecule has 29 heavy (non-hydrogen) atoms. The Balaban J connectivity index is 1.70. The summed E-state index contributed by atoms with van der Waals surface area (Å²) in [5.41, 5.74) is 5.21. The fourth-order valence-corrected chi connectivity index (χ4v) is 4.47. The highest BCUT2D eigenvalue weighted by molar-refractivity contribution is 8.18. The minimum absolute atomic E-state index is 0.227. The number of aryl methyl sites for hydroxylation is 1. The van der Waals surface area contributed by atoms with Gasteiger partial charge in [-0.3, -0.25) is 14.5 Å². The Kier molecular flexibility index (Phi) is 5.16. The van der Waals surface area contributed by atoms with E-state index in [1.54, 1.807) is 0 Å². The Hall–Kier alpha value is -3.05. The molecule has 1 aromatic heterocycles. The van der Waals surface area contributed by atoms with Gasteiger partial charge in [-0.05, 0) is 43.3 Å². The molecule has 0 N–H and O–H groups in total. The van der Waals surface area contributed by atoms with Gasteiger partial charge in [-0.15, -0.1) is 6.58 Å². The van der Waals surface area contributed by atoms with Gasteiger partial charge in [-0.1, -0.05) is 54.1 Å². The molecule has 0 bridgehead atoms. The van der Waals surface area contributed by atoms with Gasteiger partial charge in [-0.2, -0.15) is 0 Å². The van der Waals surface area contributed by atoms with Crippen LogP contribution in [0.5, 0.6) is 0 Å². The quantitative estimate of drug-likeness (QED) is 0.407. The summed E-state index contributed by atoms with van der Waals surface area (Å²) < 4.78 is 2.17. The first-order valence-corrected chi connectivity index (χ1v) is 10.3. The molecule has 4 nitrogen and oxygen atoms in total. The van der Waals surface area contributed by atoms with Crippen molar-refractivity contribution in [3.63, 3.8) is 0 Å². The van der Waals surface area contributed by atoms with Crippen molar-refractivity contribution in [2.45, 2.75) is 26.9 Å². The maximum atomic E-state index is 13.0. The molecule has 3 aromatic rings. The molecule has 2 heterocycles. The van der Waals surface area contributed by atoms with Gasteiger partial charge in [0.25, 0.3) is 11.1 Å². The summed E-state index contributed by atoms with van der Waals surface area (Å²) in [5, 5.41) is 0.839. The van der Waals surface area contributed by atoms with Crippen molar-refractivity contribution >= 4 is 39.9 Å². The molecule has 1 saturated heterocycles. The molecule has 0 radical (unpaired) electrons. The van der Waals surface area contributed by atoms with E-state index in [1.807, 2.05) is 68.5 Å². The SMILES string of the molecule is C=CCn1c(C)c(/C=C2\SC(=O)N(Cc3ccc(C)cc3)C2=O)c2ccccc21. The number of hydrogen-bond acceptors (Lipinski definition) is 3. The minimum Gasteiger partial charge on any atom is -0.340 e. The summed E-state index contributed by atoms with van der Waals surface area (Å²) in [4.78, 5) is 27.3. The van der Waals surface area contributed by atoms with Gasteiger partial charge < -0.3 is 4.57 Å². The number of aromatic nitrogens is 1. The summed E-state index contributed by atoms with van der Waals surface area (Å²) in [7, 11) is 0. The zero-order valence-corrected chi connectivity index (χ0v) is 17.3. The molecule has 0 aliphatic carbocycles. The monoisotopic (exact) mass is 402 g/mol. The van der Waals surface area contributed by atoms with Gasteiger partial charge in [0, 0.05) is 28.7 Å². The summed E-state index contributed by atoms with van der Waals surface area (Å²) >= 11 is 1.01. The molecule has 0 atom stereocenters. The van der Waals surface area contributed by atoms with Crippen LogP contribution in [-0.2, 0) is 17.9 Å². The largest absolute Gasteiger partial charge is 0.340 e. The number of rotatable bonds is 5. The first kappa shape index (κ1) is 19.3. The van der Waals surface area contributed by atoms with Crippen LogP contribution in [0, 0.1) is 13.8 Å². The Bertz CT molecular complexity index is 1160. The Morgan fingerprint density at radius 1 is 1.03 bits per heavy atom. The summed E-state index contributed by atoms with van der Waals surface area (Å²) in [5.74, 6) is -0.236. The fraction of sp³-hybridized carbons (Fsp3) is 0.167. The first-order valence-electron chi connectivity index (χ1n) is 9.49. The number of carbonyl (C=O) groups is 2. The van der Waals surface area contributed by atoms with E-state index in [2.05, 4.69) is 17.2 Å². The number of fused-ring (bicyclic) bond motifs is 1. The molecule has 2 aromatic carbocycles. The lowest BCUT2D eigenvalue weighted by atomic mass is 10.1. The molecule has 1 aliphatic rings. The molecule has 0 spiro atoms. The van der Waals surface area contributed by atoms with Crippen molar-refractivity contribution in [1.82, 2.24) is 9.47 Å². The van der Waals surface area contributed by atoms with Crippen LogP contribution in [0.2, 0.25) is 0 Å². The number of imide groups is 1. The molecule has 1 fully saturated rings. The van der Waals surface area contributed by atoms with Crippen molar-refractivity contribution in [2.24, 2.45) is 0 Å². The third-order valence-corrected chi connectivity index (χ3v) is 6.11. The van der Waals surface area contributed by atoms with Gasteiger partial charge in [0.15, 0.2) is 0 Å². The summed E-state index contributed by atoms with van der Waals surface area (Å²) in [6.45, 7) is 8.87. The van der Waals surface area contributed by atoms with E-state index in [9.17, 15) is 9.59 Å². The summed E-state index contributed by atoms with van der Waals surface area (Å²) in [6, 6.07) is 16.0. The van der Waals surface area contributed by atoms with Crippen LogP contribution in [-0.4, -0.2) is 20.6 Å². The smallest absolute Gasteiger partial charge is 0.293 e. The molecule has 146 valence electrons. The Morgan fingerprint density at radius 3 is 2.48 bits per heavy atom. The van der Waals surface area contributed by atoms with Crippen LogP contribution in [0.4, 0.5) is 4.79 Å². The lowest BCUT2D eigenvalue weighted by molar-refractivity contribution is -0.123. The highest BCUT2D eigenvalue weighted by atomic mass is 32.2. The zero-order valence-electron chi connectivity index (χ0n) is 16.5. The van der Waals surface area contributed by atoms with Crippen molar-refractivity contribution in [1.29, 1.82) is 0 Å². The van der Waals surface area contributed by atoms with Gasteiger partial charge in [0.05, 0.1) is 11.4 Å².